The summed E-state index contributed by atoms with van der Waals surface area (Å²) < 4.78 is 6.55. The number of carbonyl (C=O) groups excluding carboxylic acids is 1. The Morgan fingerprint density at radius 1 is 1.36 bits per heavy atom. The molecule has 0 aliphatic carbocycles. The highest BCUT2D eigenvalue weighted by atomic mass is 127. The lowest BCUT2D eigenvalue weighted by atomic mass is 10.1. The summed E-state index contributed by atoms with van der Waals surface area (Å²) in [6.07, 6.45) is 0. The predicted molar refractivity (Wildman–Crippen MR) is 64.7 cm³/mol. The fraction of sp³-hybridized carbons (Fsp3) is 0.300. The van der Waals surface area contributed by atoms with Gasteiger partial charge in [0.15, 0.2) is 5.60 Å². The third-order valence-corrected chi connectivity index (χ3v) is 2.83. The molecule has 0 heterocycles. The molecule has 1 rings (SSSR count). The first kappa shape index (κ1) is 11.8. The Labute approximate surface area is 102 Å². The fourth-order valence-corrected chi connectivity index (χ4v) is 1.24. The Morgan fingerprint density at radius 3 is 2.29 bits per heavy atom. The van der Waals surface area contributed by atoms with Crippen molar-refractivity contribution in [3.8, 4) is 5.75 Å². The molecule has 0 amide bonds. The van der Waals surface area contributed by atoms with Crippen LogP contribution in [0.4, 0.5) is 0 Å². The van der Waals surface area contributed by atoms with E-state index < -0.39 is 10.8 Å². The van der Waals surface area contributed by atoms with Crippen molar-refractivity contribution in [1.29, 1.82) is 0 Å². The van der Waals surface area contributed by atoms with Crippen LogP contribution >= 0.6 is 34.2 Å². The lowest BCUT2D eigenvalue weighted by molar-refractivity contribution is -0.123. The van der Waals surface area contributed by atoms with E-state index in [2.05, 4.69) is 22.6 Å². The Kier molecular flexibility index (Phi) is 3.78. The van der Waals surface area contributed by atoms with Gasteiger partial charge in [-0.3, -0.25) is 4.79 Å². The minimum Gasteiger partial charge on any atom is -0.479 e. The van der Waals surface area contributed by atoms with Gasteiger partial charge in [-0.25, -0.2) is 0 Å². The number of rotatable bonds is 3. The van der Waals surface area contributed by atoms with E-state index in [9.17, 15) is 4.79 Å². The van der Waals surface area contributed by atoms with Crippen LogP contribution in [0, 0.1) is 3.57 Å². The van der Waals surface area contributed by atoms with Crippen molar-refractivity contribution in [3.63, 3.8) is 0 Å². The van der Waals surface area contributed by atoms with Crippen molar-refractivity contribution < 1.29 is 9.53 Å². The van der Waals surface area contributed by atoms with Crippen molar-refractivity contribution >= 4 is 39.4 Å². The molecule has 0 radical (unpaired) electrons. The maximum absolute atomic E-state index is 11.0. The topological polar surface area (TPSA) is 26.3 Å². The molecule has 0 N–H and O–H groups in total. The zero-order chi connectivity index (χ0) is 10.8. The molecule has 0 bridgehead atoms. The summed E-state index contributed by atoms with van der Waals surface area (Å²) in [6.45, 7) is 3.28. The highest BCUT2D eigenvalue weighted by Crippen LogP contribution is 2.21. The van der Waals surface area contributed by atoms with Gasteiger partial charge >= 0.3 is 0 Å². The zero-order valence-electron chi connectivity index (χ0n) is 7.88. The molecule has 14 heavy (non-hydrogen) atoms. The monoisotopic (exact) mass is 324 g/mol. The van der Waals surface area contributed by atoms with Gasteiger partial charge in [0, 0.05) is 3.57 Å². The van der Waals surface area contributed by atoms with E-state index in [1.54, 1.807) is 13.8 Å². The summed E-state index contributed by atoms with van der Waals surface area (Å²) in [4.78, 5) is 11.0. The molecule has 76 valence electrons. The van der Waals surface area contributed by atoms with Gasteiger partial charge in [-0.1, -0.05) is 0 Å². The molecule has 0 unspecified atom stereocenters. The molecular weight excluding hydrogens is 314 g/mol. The SMILES string of the molecule is CC(C)(Oc1ccc(I)cc1)C(=O)Cl. The molecule has 0 atom stereocenters. The summed E-state index contributed by atoms with van der Waals surface area (Å²) >= 11 is 7.58. The first-order chi connectivity index (χ1) is 6.42. The van der Waals surface area contributed by atoms with Crippen molar-refractivity contribution in [2.24, 2.45) is 0 Å². The number of hydrogen-bond donors (Lipinski definition) is 0. The second-order valence-electron chi connectivity index (χ2n) is 3.34. The molecule has 1 aromatic rings. The lowest BCUT2D eigenvalue weighted by Gasteiger charge is -2.21. The molecule has 0 fully saturated rings. The van der Waals surface area contributed by atoms with Gasteiger partial charge in [0.1, 0.15) is 5.75 Å². The largest absolute Gasteiger partial charge is 0.479 e. The third-order valence-electron chi connectivity index (χ3n) is 1.66. The van der Waals surface area contributed by atoms with E-state index in [-0.39, 0.29) is 0 Å². The van der Waals surface area contributed by atoms with Crippen LogP contribution in [0.15, 0.2) is 24.3 Å². The number of carbonyl (C=O) groups is 1. The minimum absolute atomic E-state index is 0.504. The van der Waals surface area contributed by atoms with Gasteiger partial charge in [0.2, 0.25) is 0 Å². The Bertz CT molecular complexity index is 332. The number of benzene rings is 1. The second kappa shape index (κ2) is 4.49. The maximum atomic E-state index is 11.0. The highest BCUT2D eigenvalue weighted by molar-refractivity contribution is 14.1. The van der Waals surface area contributed by atoms with E-state index in [0.29, 0.717) is 5.75 Å². The molecule has 0 aromatic heterocycles. The van der Waals surface area contributed by atoms with Crippen LogP contribution in [0.1, 0.15) is 13.8 Å². The first-order valence-corrected chi connectivity index (χ1v) is 5.52. The number of ether oxygens (including phenoxy) is 1. The minimum atomic E-state index is -0.978. The van der Waals surface area contributed by atoms with Crippen molar-refractivity contribution in [2.75, 3.05) is 0 Å². The summed E-state index contributed by atoms with van der Waals surface area (Å²) in [7, 11) is 0. The Hall–Kier alpha value is -0.290. The van der Waals surface area contributed by atoms with Crippen LogP contribution in [0.2, 0.25) is 0 Å². The number of hydrogen-bond acceptors (Lipinski definition) is 2. The van der Waals surface area contributed by atoms with Crippen LogP contribution < -0.4 is 4.74 Å². The molecule has 2 nitrogen and oxygen atoms in total. The van der Waals surface area contributed by atoms with Crippen molar-refractivity contribution in [2.45, 2.75) is 19.4 Å². The van der Waals surface area contributed by atoms with Gasteiger partial charge in [-0.2, -0.15) is 0 Å². The maximum Gasteiger partial charge on any atom is 0.264 e. The summed E-state index contributed by atoms with van der Waals surface area (Å²) in [5, 5.41) is -0.504. The van der Waals surface area contributed by atoms with Gasteiger partial charge < -0.3 is 4.74 Å². The second-order valence-corrected chi connectivity index (χ2v) is 4.93. The molecule has 1 aromatic carbocycles. The summed E-state index contributed by atoms with van der Waals surface area (Å²) in [5.74, 6) is 0.643. The van der Waals surface area contributed by atoms with Gasteiger partial charge in [-0.15, -0.1) is 0 Å². The van der Waals surface area contributed by atoms with E-state index in [1.165, 1.54) is 0 Å². The van der Waals surface area contributed by atoms with Crippen LogP contribution in [0.3, 0.4) is 0 Å². The quantitative estimate of drug-likeness (QED) is 0.630. The molecule has 0 saturated heterocycles. The van der Waals surface area contributed by atoms with Crippen LogP contribution in [0.5, 0.6) is 5.75 Å². The smallest absolute Gasteiger partial charge is 0.264 e. The highest BCUT2D eigenvalue weighted by Gasteiger charge is 2.27. The van der Waals surface area contributed by atoms with E-state index in [0.717, 1.165) is 3.57 Å². The van der Waals surface area contributed by atoms with E-state index in [4.69, 9.17) is 16.3 Å². The molecule has 0 aliphatic rings. The van der Waals surface area contributed by atoms with Crippen LogP contribution in [-0.2, 0) is 4.79 Å². The molecular formula is C10H10ClIO2. The third kappa shape index (κ3) is 3.13. The lowest BCUT2D eigenvalue weighted by Crippen LogP contribution is -2.34. The normalized spacial score (nSPS) is 11.1. The van der Waals surface area contributed by atoms with Gasteiger partial charge in [0.05, 0.1) is 0 Å². The van der Waals surface area contributed by atoms with Crippen LogP contribution in [-0.4, -0.2) is 10.8 Å². The zero-order valence-corrected chi connectivity index (χ0v) is 10.8. The van der Waals surface area contributed by atoms with Gasteiger partial charge in [0.25, 0.3) is 5.24 Å². The number of halogens is 2. The van der Waals surface area contributed by atoms with Crippen molar-refractivity contribution in [1.82, 2.24) is 0 Å². The van der Waals surface area contributed by atoms with E-state index in [1.807, 2.05) is 24.3 Å². The van der Waals surface area contributed by atoms with Crippen LogP contribution in [0.25, 0.3) is 0 Å². The molecule has 0 aliphatic heterocycles. The van der Waals surface area contributed by atoms with E-state index >= 15 is 0 Å². The summed E-state index contributed by atoms with van der Waals surface area (Å²) in [5.41, 5.74) is -0.978. The first-order valence-electron chi connectivity index (χ1n) is 4.06. The Balaban J connectivity index is 2.79. The predicted octanol–water partition coefficient (Wildman–Crippen LogP) is 3.21. The molecule has 4 heteroatoms. The fourth-order valence-electron chi connectivity index (χ4n) is 0.837. The standard InChI is InChI=1S/C10H10ClIO2/c1-10(2,9(11)13)14-8-5-3-7(12)4-6-8/h3-6H,1-2H3. The Morgan fingerprint density at radius 2 is 1.86 bits per heavy atom. The van der Waals surface area contributed by atoms with Crippen molar-refractivity contribution in [3.05, 3.63) is 27.8 Å². The summed E-state index contributed by atoms with van der Waals surface area (Å²) in [6, 6.07) is 7.43. The molecule has 0 spiro atoms. The molecule has 0 saturated carbocycles. The van der Waals surface area contributed by atoms with Gasteiger partial charge in [-0.05, 0) is 72.3 Å². The average Bonchev–Trinajstić information content (AvgIpc) is 2.08. The average molecular weight is 325 g/mol.